The average molecular weight is 334 g/mol. The summed E-state index contributed by atoms with van der Waals surface area (Å²) in [5, 5.41) is 9.62. The molecule has 0 radical (unpaired) electrons. The highest BCUT2D eigenvalue weighted by Crippen LogP contribution is 2.23. The Kier molecular flexibility index (Phi) is 4.86. The van der Waals surface area contributed by atoms with E-state index >= 15 is 0 Å². The number of rotatable bonds is 4. The minimum atomic E-state index is -3.87. The van der Waals surface area contributed by atoms with Crippen LogP contribution in [0.15, 0.2) is 58.3 Å². The number of sulfone groups is 1. The number of ether oxygens (including phenoxy) is 1. The molecule has 0 atom stereocenters. The lowest BCUT2D eigenvalue weighted by atomic mass is 10.2. The quantitative estimate of drug-likeness (QED) is 0.800. The summed E-state index contributed by atoms with van der Waals surface area (Å²) in [6.07, 6.45) is 1.32. The molecule has 2 aromatic carbocycles. The molecule has 22 heavy (non-hydrogen) atoms. The Balaban J connectivity index is 2.43. The van der Waals surface area contributed by atoms with Crippen molar-refractivity contribution >= 4 is 27.5 Å². The van der Waals surface area contributed by atoms with E-state index in [9.17, 15) is 13.7 Å². The lowest BCUT2D eigenvalue weighted by Crippen LogP contribution is -2.03. The van der Waals surface area contributed by atoms with E-state index in [4.69, 9.17) is 16.3 Å². The smallest absolute Gasteiger partial charge is 0.216 e. The maximum absolute atomic E-state index is 12.4. The topological polar surface area (TPSA) is 67.2 Å². The summed E-state index contributed by atoms with van der Waals surface area (Å²) in [7, 11) is -2.33. The van der Waals surface area contributed by atoms with Gasteiger partial charge in [0.2, 0.25) is 9.84 Å². The van der Waals surface area contributed by atoms with E-state index in [0.29, 0.717) is 16.3 Å². The zero-order chi connectivity index (χ0) is 16.2. The lowest BCUT2D eigenvalue weighted by Gasteiger charge is -2.04. The fraction of sp³-hybridized carbons (Fsp3) is 0.0625. The van der Waals surface area contributed by atoms with Crippen molar-refractivity contribution in [2.45, 2.75) is 4.90 Å². The van der Waals surface area contributed by atoms with E-state index in [-0.39, 0.29) is 9.80 Å². The van der Waals surface area contributed by atoms with Crippen LogP contribution in [0.2, 0.25) is 5.02 Å². The van der Waals surface area contributed by atoms with Gasteiger partial charge in [-0.2, -0.15) is 5.26 Å². The molecule has 6 heteroatoms. The van der Waals surface area contributed by atoms with Gasteiger partial charge in [-0.05, 0) is 48.0 Å². The maximum Gasteiger partial charge on any atom is 0.216 e. The van der Waals surface area contributed by atoms with Gasteiger partial charge in [-0.3, -0.25) is 0 Å². The van der Waals surface area contributed by atoms with Gasteiger partial charge in [0.1, 0.15) is 16.7 Å². The molecule has 112 valence electrons. The van der Waals surface area contributed by atoms with Crippen molar-refractivity contribution in [2.75, 3.05) is 7.11 Å². The van der Waals surface area contributed by atoms with E-state index in [0.717, 1.165) is 0 Å². The van der Waals surface area contributed by atoms with E-state index in [1.807, 2.05) is 0 Å². The van der Waals surface area contributed by atoms with Crippen LogP contribution in [0.5, 0.6) is 5.75 Å². The van der Waals surface area contributed by atoms with Gasteiger partial charge in [0, 0.05) is 5.02 Å². The third-order valence-electron chi connectivity index (χ3n) is 2.94. The highest BCUT2D eigenvalue weighted by Gasteiger charge is 2.20. The van der Waals surface area contributed by atoms with Gasteiger partial charge < -0.3 is 4.74 Å². The monoisotopic (exact) mass is 333 g/mol. The van der Waals surface area contributed by atoms with Crippen LogP contribution in [0.25, 0.3) is 6.08 Å². The summed E-state index contributed by atoms with van der Waals surface area (Å²) in [4.78, 5) is -0.307. The molecule has 0 aliphatic carbocycles. The van der Waals surface area contributed by atoms with Gasteiger partial charge in [0.05, 0.1) is 12.0 Å². The van der Waals surface area contributed by atoms with E-state index in [2.05, 4.69) is 0 Å². The summed E-state index contributed by atoms with van der Waals surface area (Å²) in [6, 6.07) is 14.2. The Hall–Kier alpha value is -2.29. The van der Waals surface area contributed by atoms with Crippen molar-refractivity contribution in [1.29, 1.82) is 5.26 Å². The molecule has 0 unspecified atom stereocenters. The van der Waals surface area contributed by atoms with E-state index in [1.54, 1.807) is 30.3 Å². The predicted octanol–water partition coefficient (Wildman–Crippen LogP) is 3.69. The minimum Gasteiger partial charge on any atom is -0.497 e. The second kappa shape index (κ2) is 6.65. The number of allylic oxidation sites excluding steroid dienone is 1. The molecular formula is C16H12ClNO3S. The molecule has 0 saturated heterocycles. The first kappa shape index (κ1) is 16.1. The minimum absolute atomic E-state index is 0.0261. The predicted molar refractivity (Wildman–Crippen MR) is 85.2 cm³/mol. The largest absolute Gasteiger partial charge is 0.497 e. The normalized spacial score (nSPS) is 11.8. The van der Waals surface area contributed by atoms with E-state index in [1.165, 1.54) is 37.5 Å². The van der Waals surface area contributed by atoms with Crippen molar-refractivity contribution in [3.63, 3.8) is 0 Å². The Morgan fingerprint density at radius 1 is 1.14 bits per heavy atom. The molecule has 0 amide bonds. The number of hydrogen-bond acceptors (Lipinski definition) is 4. The van der Waals surface area contributed by atoms with Crippen LogP contribution >= 0.6 is 11.6 Å². The number of methoxy groups -OCH3 is 1. The molecule has 0 spiro atoms. The number of halogens is 1. The fourth-order valence-electron chi connectivity index (χ4n) is 1.76. The van der Waals surface area contributed by atoms with Gasteiger partial charge in [0.15, 0.2) is 0 Å². The average Bonchev–Trinajstić information content (AvgIpc) is 2.53. The molecule has 0 saturated carbocycles. The van der Waals surface area contributed by atoms with Gasteiger partial charge in [-0.15, -0.1) is 0 Å². The van der Waals surface area contributed by atoms with Crippen LogP contribution in [0.1, 0.15) is 5.56 Å². The van der Waals surface area contributed by atoms with Crippen molar-refractivity contribution in [2.24, 2.45) is 0 Å². The summed E-state index contributed by atoms with van der Waals surface area (Å²) >= 11 is 5.75. The van der Waals surface area contributed by atoms with Crippen molar-refractivity contribution < 1.29 is 13.2 Å². The number of nitriles is 1. The standard InChI is InChI=1S/C16H12ClNO3S/c1-21-14-6-2-12(3-7-14)10-16(11-18)22(19,20)15-8-4-13(17)5-9-15/h2-10H,1H3. The molecule has 2 aromatic rings. The van der Waals surface area contributed by atoms with E-state index < -0.39 is 9.84 Å². The van der Waals surface area contributed by atoms with Crippen LogP contribution in [0.3, 0.4) is 0 Å². The molecule has 0 N–H and O–H groups in total. The van der Waals surface area contributed by atoms with Crippen LogP contribution in [-0.4, -0.2) is 15.5 Å². The first-order valence-corrected chi connectivity index (χ1v) is 8.10. The fourth-order valence-corrected chi connectivity index (χ4v) is 3.05. The summed E-state index contributed by atoms with van der Waals surface area (Å²) in [5.41, 5.74) is 0.592. The molecule has 0 heterocycles. The maximum atomic E-state index is 12.4. The Labute approximate surface area is 134 Å². The first-order valence-electron chi connectivity index (χ1n) is 6.24. The second-order valence-electron chi connectivity index (χ2n) is 4.35. The number of hydrogen-bond donors (Lipinski definition) is 0. The van der Waals surface area contributed by atoms with Gasteiger partial charge in [-0.1, -0.05) is 23.7 Å². The SMILES string of the molecule is COc1ccc(C=C(C#N)S(=O)(=O)c2ccc(Cl)cc2)cc1. The lowest BCUT2D eigenvalue weighted by molar-refractivity contribution is 0.415. The molecule has 2 rings (SSSR count). The van der Waals surface area contributed by atoms with Crippen molar-refractivity contribution in [1.82, 2.24) is 0 Å². The van der Waals surface area contributed by atoms with Crippen LogP contribution in [0.4, 0.5) is 0 Å². The van der Waals surface area contributed by atoms with Gasteiger partial charge in [0.25, 0.3) is 0 Å². The first-order chi connectivity index (χ1) is 10.5. The Bertz CT molecular complexity index is 832. The van der Waals surface area contributed by atoms with Gasteiger partial charge >= 0.3 is 0 Å². The van der Waals surface area contributed by atoms with Crippen LogP contribution in [0, 0.1) is 11.3 Å². The molecule has 0 fully saturated rings. The van der Waals surface area contributed by atoms with Crippen LogP contribution in [-0.2, 0) is 9.84 Å². The zero-order valence-corrected chi connectivity index (χ0v) is 13.2. The molecule has 0 aromatic heterocycles. The Morgan fingerprint density at radius 3 is 2.23 bits per heavy atom. The molecular weight excluding hydrogens is 322 g/mol. The van der Waals surface area contributed by atoms with Crippen molar-refractivity contribution in [3.05, 3.63) is 64.0 Å². The summed E-state index contributed by atoms with van der Waals surface area (Å²) < 4.78 is 29.9. The van der Waals surface area contributed by atoms with Crippen molar-refractivity contribution in [3.8, 4) is 11.8 Å². The summed E-state index contributed by atoms with van der Waals surface area (Å²) in [6.45, 7) is 0. The Morgan fingerprint density at radius 2 is 1.73 bits per heavy atom. The molecule has 0 aliphatic rings. The second-order valence-corrected chi connectivity index (χ2v) is 6.71. The summed E-state index contributed by atoms with van der Waals surface area (Å²) in [5.74, 6) is 0.649. The number of benzene rings is 2. The number of nitrogens with zero attached hydrogens (tertiary/aromatic N) is 1. The highest BCUT2D eigenvalue weighted by atomic mass is 35.5. The van der Waals surface area contributed by atoms with Crippen LogP contribution < -0.4 is 4.74 Å². The molecule has 4 nitrogen and oxygen atoms in total. The molecule has 0 bridgehead atoms. The third kappa shape index (κ3) is 3.48. The third-order valence-corrected chi connectivity index (χ3v) is 4.87. The molecule has 0 aliphatic heterocycles. The zero-order valence-electron chi connectivity index (χ0n) is 11.7. The highest BCUT2D eigenvalue weighted by molar-refractivity contribution is 7.95. The van der Waals surface area contributed by atoms with Gasteiger partial charge in [-0.25, -0.2) is 8.42 Å².